The molecule has 1 aromatic rings. The van der Waals surface area contributed by atoms with Gasteiger partial charge in [0, 0.05) is 23.3 Å². The molecule has 1 heterocycles. The summed E-state index contributed by atoms with van der Waals surface area (Å²) in [6.07, 6.45) is 1.65. The van der Waals surface area contributed by atoms with E-state index in [-0.39, 0.29) is 0 Å². The summed E-state index contributed by atoms with van der Waals surface area (Å²) in [5.41, 5.74) is 6.48. The highest BCUT2D eigenvalue weighted by atomic mass is 79.9. The second-order valence-corrected chi connectivity index (χ2v) is 2.94. The predicted octanol–water partition coefficient (Wildman–Crippen LogP) is 1.57. The van der Waals surface area contributed by atoms with Gasteiger partial charge in [0.25, 0.3) is 0 Å². The van der Waals surface area contributed by atoms with E-state index in [1.807, 2.05) is 6.07 Å². The van der Waals surface area contributed by atoms with Crippen LogP contribution >= 0.6 is 15.9 Å². The van der Waals surface area contributed by atoms with Crippen LogP contribution in [0, 0.1) is 0 Å². The Morgan fingerprint density at radius 1 is 1.73 bits per heavy atom. The summed E-state index contributed by atoms with van der Waals surface area (Å²) in [6.45, 7) is 0.486. The second-order valence-electron chi connectivity index (χ2n) is 2.09. The van der Waals surface area contributed by atoms with Gasteiger partial charge in [-0.05, 0) is 6.07 Å². The molecule has 0 bridgehead atoms. The largest absolute Gasteiger partial charge is 0.383 e. The smallest absolute Gasteiger partial charge is 0.130 e. The Balaban J connectivity index is 3.00. The zero-order valence-electron chi connectivity index (χ0n) is 6.17. The van der Waals surface area contributed by atoms with Gasteiger partial charge in [-0.15, -0.1) is 0 Å². The summed E-state index contributed by atoms with van der Waals surface area (Å²) < 4.78 is 5.88. The highest BCUT2D eigenvalue weighted by Gasteiger charge is 2.03. The van der Waals surface area contributed by atoms with Gasteiger partial charge in [0.15, 0.2) is 0 Å². The van der Waals surface area contributed by atoms with Gasteiger partial charge >= 0.3 is 0 Å². The van der Waals surface area contributed by atoms with Crippen LogP contribution in [0.3, 0.4) is 0 Å². The van der Waals surface area contributed by atoms with E-state index in [1.54, 1.807) is 13.3 Å². The third-order valence-corrected chi connectivity index (χ3v) is 2.06. The van der Waals surface area contributed by atoms with Crippen LogP contribution in [0.2, 0.25) is 0 Å². The lowest BCUT2D eigenvalue weighted by Gasteiger charge is -2.04. The monoisotopic (exact) mass is 216 g/mol. The number of aromatic nitrogens is 1. The van der Waals surface area contributed by atoms with Gasteiger partial charge in [-0.25, -0.2) is 4.98 Å². The molecule has 0 amide bonds. The molecule has 0 radical (unpaired) electrons. The zero-order valence-corrected chi connectivity index (χ0v) is 7.76. The van der Waals surface area contributed by atoms with Crippen LogP contribution in [0.1, 0.15) is 5.56 Å². The minimum Gasteiger partial charge on any atom is -0.383 e. The van der Waals surface area contributed by atoms with Crippen LogP contribution in [0.4, 0.5) is 5.82 Å². The first-order valence-corrected chi connectivity index (χ1v) is 3.92. The third kappa shape index (κ3) is 1.91. The highest BCUT2D eigenvalue weighted by Crippen LogP contribution is 2.20. The van der Waals surface area contributed by atoms with Crippen LogP contribution in [0.15, 0.2) is 16.7 Å². The van der Waals surface area contributed by atoms with Gasteiger partial charge in [-0.1, -0.05) is 15.9 Å². The first-order chi connectivity index (χ1) is 5.25. The van der Waals surface area contributed by atoms with Crippen molar-refractivity contribution in [2.45, 2.75) is 6.61 Å². The molecule has 0 aliphatic rings. The topological polar surface area (TPSA) is 48.1 Å². The van der Waals surface area contributed by atoms with Crippen molar-refractivity contribution in [3.05, 3.63) is 22.3 Å². The molecule has 0 spiro atoms. The first kappa shape index (κ1) is 8.49. The number of nitrogens with zero attached hydrogens (tertiary/aromatic N) is 1. The number of ether oxygens (including phenoxy) is 1. The fraction of sp³-hybridized carbons (Fsp3) is 0.286. The van der Waals surface area contributed by atoms with Crippen molar-refractivity contribution >= 4 is 21.7 Å². The molecule has 0 unspecified atom stereocenters. The van der Waals surface area contributed by atoms with Crippen molar-refractivity contribution in [2.75, 3.05) is 12.8 Å². The lowest BCUT2D eigenvalue weighted by molar-refractivity contribution is 0.184. The lowest BCUT2D eigenvalue weighted by atomic mass is 10.3. The van der Waals surface area contributed by atoms with E-state index in [0.29, 0.717) is 12.4 Å². The molecule has 2 N–H and O–H groups in total. The van der Waals surface area contributed by atoms with Crippen LogP contribution in [0.25, 0.3) is 0 Å². The summed E-state index contributed by atoms with van der Waals surface area (Å²) in [4.78, 5) is 3.93. The Morgan fingerprint density at radius 2 is 2.45 bits per heavy atom. The maximum atomic E-state index is 5.59. The number of nitrogen functional groups attached to an aromatic ring is 1. The van der Waals surface area contributed by atoms with E-state index in [2.05, 4.69) is 20.9 Å². The zero-order chi connectivity index (χ0) is 8.27. The molecule has 4 heteroatoms. The Hall–Kier alpha value is -0.610. The number of hydrogen-bond donors (Lipinski definition) is 1. The predicted molar refractivity (Wildman–Crippen MR) is 47.1 cm³/mol. The molecule has 0 aliphatic heterocycles. The summed E-state index contributed by atoms with van der Waals surface area (Å²) >= 11 is 3.35. The summed E-state index contributed by atoms with van der Waals surface area (Å²) in [5, 5.41) is 0. The number of anilines is 1. The quantitative estimate of drug-likeness (QED) is 0.817. The maximum Gasteiger partial charge on any atom is 0.130 e. The summed E-state index contributed by atoms with van der Waals surface area (Å²) in [7, 11) is 1.62. The Bertz CT molecular complexity index is 232. The van der Waals surface area contributed by atoms with Gasteiger partial charge in [0.2, 0.25) is 0 Å². The molecule has 1 rings (SSSR count). The van der Waals surface area contributed by atoms with Crippen LogP contribution in [-0.4, -0.2) is 12.1 Å². The van der Waals surface area contributed by atoms with Gasteiger partial charge in [-0.2, -0.15) is 0 Å². The Morgan fingerprint density at radius 3 is 3.00 bits per heavy atom. The van der Waals surface area contributed by atoms with E-state index >= 15 is 0 Å². The van der Waals surface area contributed by atoms with E-state index in [1.165, 1.54) is 0 Å². The molecule has 3 nitrogen and oxygen atoms in total. The third-order valence-electron chi connectivity index (χ3n) is 1.32. The molecule has 0 aliphatic carbocycles. The number of hydrogen-bond acceptors (Lipinski definition) is 3. The second kappa shape index (κ2) is 3.69. The normalized spacial score (nSPS) is 10.0. The van der Waals surface area contributed by atoms with Crippen molar-refractivity contribution in [1.82, 2.24) is 4.98 Å². The number of methoxy groups -OCH3 is 1. The fourth-order valence-electron chi connectivity index (χ4n) is 0.771. The van der Waals surface area contributed by atoms with Crippen molar-refractivity contribution in [1.29, 1.82) is 0 Å². The molecule has 60 valence electrons. The molecule has 0 saturated heterocycles. The SMILES string of the molecule is COCc1c(Br)ccnc1N. The van der Waals surface area contributed by atoms with E-state index in [0.717, 1.165) is 10.0 Å². The number of nitrogens with two attached hydrogens (primary N) is 1. The molecule has 1 aromatic heterocycles. The maximum absolute atomic E-state index is 5.59. The minimum absolute atomic E-state index is 0.486. The molecule has 0 aromatic carbocycles. The fourth-order valence-corrected chi connectivity index (χ4v) is 1.21. The van der Waals surface area contributed by atoms with E-state index in [9.17, 15) is 0 Å². The molecule has 0 atom stereocenters. The Kier molecular flexibility index (Phi) is 2.84. The van der Waals surface area contributed by atoms with E-state index < -0.39 is 0 Å². The first-order valence-electron chi connectivity index (χ1n) is 3.13. The minimum atomic E-state index is 0.486. The molecule has 11 heavy (non-hydrogen) atoms. The molecule has 0 fully saturated rings. The number of halogens is 1. The van der Waals surface area contributed by atoms with Gasteiger partial charge in [0.05, 0.1) is 6.61 Å². The lowest BCUT2D eigenvalue weighted by Crippen LogP contribution is -1.99. The average Bonchev–Trinajstić information content (AvgIpc) is 1.97. The van der Waals surface area contributed by atoms with Crippen LogP contribution in [0.5, 0.6) is 0 Å². The van der Waals surface area contributed by atoms with Gasteiger partial charge in [0.1, 0.15) is 5.82 Å². The Labute approximate surface area is 73.7 Å². The number of pyridine rings is 1. The average molecular weight is 217 g/mol. The van der Waals surface area contributed by atoms with Crippen molar-refractivity contribution in [2.24, 2.45) is 0 Å². The van der Waals surface area contributed by atoms with Crippen molar-refractivity contribution in [3.8, 4) is 0 Å². The number of rotatable bonds is 2. The van der Waals surface area contributed by atoms with E-state index in [4.69, 9.17) is 10.5 Å². The molecule has 0 saturated carbocycles. The highest BCUT2D eigenvalue weighted by molar-refractivity contribution is 9.10. The van der Waals surface area contributed by atoms with Gasteiger partial charge < -0.3 is 10.5 Å². The van der Waals surface area contributed by atoms with Crippen LogP contribution < -0.4 is 5.73 Å². The summed E-state index contributed by atoms with van der Waals surface area (Å²) in [5.74, 6) is 0.515. The van der Waals surface area contributed by atoms with Gasteiger partial charge in [-0.3, -0.25) is 0 Å². The summed E-state index contributed by atoms with van der Waals surface area (Å²) in [6, 6.07) is 1.84. The standard InChI is InChI=1S/C7H9BrN2O/c1-11-4-5-6(8)2-3-10-7(5)9/h2-3H,4H2,1H3,(H2,9,10). The molecular formula is C7H9BrN2O. The van der Waals surface area contributed by atoms with Crippen LogP contribution in [-0.2, 0) is 11.3 Å². The van der Waals surface area contributed by atoms with Crippen molar-refractivity contribution < 1.29 is 4.74 Å². The van der Waals surface area contributed by atoms with Crippen molar-refractivity contribution in [3.63, 3.8) is 0 Å². The molecular weight excluding hydrogens is 208 g/mol.